The van der Waals surface area contributed by atoms with Crippen molar-refractivity contribution in [3.63, 3.8) is 0 Å². The zero-order valence-electron chi connectivity index (χ0n) is 6.47. The van der Waals surface area contributed by atoms with Crippen LogP contribution in [0.25, 0.3) is 0 Å². The Morgan fingerprint density at radius 1 is 1.18 bits per heavy atom. The Morgan fingerprint density at radius 3 is 2.18 bits per heavy atom. The Balaban J connectivity index is 2.45. The minimum Gasteiger partial charge on any atom is -0.387 e. The second kappa shape index (κ2) is 3.49. The minimum absolute atomic E-state index is 0.412. The first-order valence-electron chi connectivity index (χ1n) is 3.86. The van der Waals surface area contributed by atoms with Gasteiger partial charge in [-0.3, -0.25) is 0 Å². The van der Waals surface area contributed by atoms with E-state index in [-0.39, 0.29) is 0 Å². The Morgan fingerprint density at radius 2 is 1.82 bits per heavy atom. The summed E-state index contributed by atoms with van der Waals surface area (Å²) in [5.41, 5.74) is 0. The standard InChI is InChI=1S/C7H14O4/c1-2-3-4-5(8)6(9)7(10)11-4/h4-10H,2-3H2,1H3/t4-,5-,6-,7-/m1/s1. The van der Waals surface area contributed by atoms with Crippen LogP contribution in [0.3, 0.4) is 0 Å². The van der Waals surface area contributed by atoms with Crippen LogP contribution in [0.5, 0.6) is 0 Å². The largest absolute Gasteiger partial charge is 0.387 e. The molecule has 1 fully saturated rings. The maximum Gasteiger partial charge on any atom is 0.183 e. The molecule has 3 N–H and O–H groups in total. The van der Waals surface area contributed by atoms with Crippen molar-refractivity contribution in [1.29, 1.82) is 0 Å². The Hall–Kier alpha value is -0.160. The molecule has 11 heavy (non-hydrogen) atoms. The van der Waals surface area contributed by atoms with Crippen LogP contribution in [-0.4, -0.2) is 39.9 Å². The van der Waals surface area contributed by atoms with Crippen LogP contribution in [0.15, 0.2) is 0 Å². The summed E-state index contributed by atoms with van der Waals surface area (Å²) in [4.78, 5) is 0. The summed E-state index contributed by atoms with van der Waals surface area (Å²) in [6.07, 6.45) is -2.20. The molecule has 0 saturated carbocycles. The van der Waals surface area contributed by atoms with Gasteiger partial charge in [0.05, 0.1) is 6.10 Å². The van der Waals surface area contributed by atoms with Gasteiger partial charge in [-0.15, -0.1) is 0 Å². The van der Waals surface area contributed by atoms with Crippen molar-refractivity contribution in [2.75, 3.05) is 0 Å². The number of aliphatic hydroxyl groups excluding tert-OH is 3. The lowest BCUT2D eigenvalue weighted by Crippen LogP contribution is -2.32. The molecule has 1 aliphatic rings. The molecule has 0 radical (unpaired) electrons. The van der Waals surface area contributed by atoms with Crippen molar-refractivity contribution in [2.24, 2.45) is 0 Å². The van der Waals surface area contributed by atoms with Crippen LogP contribution in [0.4, 0.5) is 0 Å². The first kappa shape index (κ1) is 8.93. The van der Waals surface area contributed by atoms with Gasteiger partial charge < -0.3 is 20.1 Å². The topological polar surface area (TPSA) is 69.9 Å². The fourth-order valence-electron chi connectivity index (χ4n) is 1.25. The number of ether oxygens (including phenoxy) is 1. The first-order valence-corrected chi connectivity index (χ1v) is 3.86. The molecule has 1 saturated heterocycles. The summed E-state index contributed by atoms with van der Waals surface area (Å²) in [5.74, 6) is 0. The van der Waals surface area contributed by atoms with E-state index in [9.17, 15) is 5.11 Å². The van der Waals surface area contributed by atoms with Gasteiger partial charge in [0, 0.05) is 0 Å². The fraction of sp³-hybridized carbons (Fsp3) is 1.00. The maximum atomic E-state index is 9.22. The first-order chi connectivity index (χ1) is 5.16. The molecular weight excluding hydrogens is 148 g/mol. The highest BCUT2D eigenvalue weighted by molar-refractivity contribution is 4.85. The number of hydrogen-bond acceptors (Lipinski definition) is 4. The Labute approximate surface area is 65.4 Å². The van der Waals surface area contributed by atoms with Gasteiger partial charge >= 0.3 is 0 Å². The van der Waals surface area contributed by atoms with Crippen LogP contribution in [0.1, 0.15) is 19.8 Å². The predicted octanol–water partition coefficient (Wildman–Crippen LogP) is -0.774. The average molecular weight is 162 g/mol. The quantitative estimate of drug-likeness (QED) is 0.498. The third kappa shape index (κ3) is 1.70. The minimum atomic E-state index is -1.22. The number of hydrogen-bond donors (Lipinski definition) is 3. The molecule has 0 spiro atoms. The highest BCUT2D eigenvalue weighted by Gasteiger charge is 2.40. The molecule has 0 aromatic rings. The third-order valence-corrected chi connectivity index (χ3v) is 1.91. The van der Waals surface area contributed by atoms with E-state index in [1.165, 1.54) is 0 Å². The summed E-state index contributed by atoms with van der Waals surface area (Å²) in [6, 6.07) is 0. The summed E-state index contributed by atoms with van der Waals surface area (Å²) in [7, 11) is 0. The van der Waals surface area contributed by atoms with Gasteiger partial charge in [-0.1, -0.05) is 13.3 Å². The molecule has 1 heterocycles. The Kier molecular flexibility index (Phi) is 2.84. The zero-order chi connectivity index (χ0) is 8.43. The predicted molar refractivity (Wildman–Crippen MR) is 37.8 cm³/mol. The smallest absolute Gasteiger partial charge is 0.183 e. The Bertz CT molecular complexity index is 128. The second-order valence-corrected chi connectivity index (χ2v) is 2.83. The van der Waals surface area contributed by atoms with Crippen molar-refractivity contribution >= 4 is 0 Å². The highest BCUT2D eigenvalue weighted by atomic mass is 16.6. The normalized spacial score (nSPS) is 44.7. The van der Waals surface area contributed by atoms with Crippen LogP contribution in [-0.2, 0) is 4.74 Å². The van der Waals surface area contributed by atoms with E-state index in [1.54, 1.807) is 0 Å². The van der Waals surface area contributed by atoms with Gasteiger partial charge in [-0.25, -0.2) is 0 Å². The number of aliphatic hydroxyl groups is 3. The molecule has 0 aliphatic carbocycles. The van der Waals surface area contributed by atoms with E-state index in [0.29, 0.717) is 6.42 Å². The summed E-state index contributed by atoms with van der Waals surface area (Å²) < 4.78 is 4.88. The molecule has 0 aromatic carbocycles. The lowest BCUT2D eigenvalue weighted by atomic mass is 10.1. The van der Waals surface area contributed by atoms with Crippen molar-refractivity contribution in [3.8, 4) is 0 Å². The summed E-state index contributed by atoms with van der Waals surface area (Å²) in [6.45, 7) is 1.95. The molecule has 0 aromatic heterocycles. The van der Waals surface area contributed by atoms with Gasteiger partial charge in [0.15, 0.2) is 6.29 Å². The van der Waals surface area contributed by atoms with Crippen LogP contribution in [0.2, 0.25) is 0 Å². The molecular formula is C7H14O4. The molecule has 66 valence electrons. The van der Waals surface area contributed by atoms with Crippen molar-refractivity contribution < 1.29 is 20.1 Å². The van der Waals surface area contributed by atoms with E-state index in [2.05, 4.69) is 0 Å². The zero-order valence-corrected chi connectivity index (χ0v) is 6.47. The molecule has 4 nitrogen and oxygen atoms in total. The SMILES string of the molecule is CCC[C@H]1O[C@@H](O)[C@H](O)[C@@H]1O. The van der Waals surface area contributed by atoms with E-state index < -0.39 is 24.6 Å². The molecule has 1 rings (SSSR count). The highest BCUT2D eigenvalue weighted by Crippen LogP contribution is 2.22. The van der Waals surface area contributed by atoms with E-state index in [0.717, 1.165) is 6.42 Å². The summed E-state index contributed by atoms with van der Waals surface area (Å²) in [5, 5.41) is 27.2. The molecule has 0 bridgehead atoms. The maximum absolute atomic E-state index is 9.22. The van der Waals surface area contributed by atoms with Gasteiger partial charge in [0.1, 0.15) is 12.2 Å². The molecule has 4 atom stereocenters. The van der Waals surface area contributed by atoms with Crippen LogP contribution < -0.4 is 0 Å². The van der Waals surface area contributed by atoms with E-state index in [1.807, 2.05) is 6.92 Å². The van der Waals surface area contributed by atoms with Gasteiger partial charge in [0.25, 0.3) is 0 Å². The van der Waals surface area contributed by atoms with Crippen molar-refractivity contribution in [3.05, 3.63) is 0 Å². The third-order valence-electron chi connectivity index (χ3n) is 1.91. The monoisotopic (exact) mass is 162 g/mol. The lowest BCUT2D eigenvalue weighted by molar-refractivity contribution is -0.127. The van der Waals surface area contributed by atoms with Crippen LogP contribution in [0, 0.1) is 0 Å². The fourth-order valence-corrected chi connectivity index (χ4v) is 1.25. The van der Waals surface area contributed by atoms with Crippen LogP contribution >= 0.6 is 0 Å². The van der Waals surface area contributed by atoms with Gasteiger partial charge in [-0.05, 0) is 6.42 Å². The summed E-state index contributed by atoms with van der Waals surface area (Å²) >= 11 is 0. The van der Waals surface area contributed by atoms with E-state index in [4.69, 9.17) is 14.9 Å². The van der Waals surface area contributed by atoms with E-state index >= 15 is 0 Å². The molecule has 0 amide bonds. The lowest BCUT2D eigenvalue weighted by Gasteiger charge is -2.11. The van der Waals surface area contributed by atoms with Gasteiger partial charge in [0.2, 0.25) is 0 Å². The van der Waals surface area contributed by atoms with Crippen molar-refractivity contribution in [2.45, 2.75) is 44.4 Å². The second-order valence-electron chi connectivity index (χ2n) is 2.83. The molecule has 4 heteroatoms. The number of rotatable bonds is 2. The van der Waals surface area contributed by atoms with Crippen molar-refractivity contribution in [1.82, 2.24) is 0 Å². The molecule has 0 unspecified atom stereocenters. The average Bonchev–Trinajstić information content (AvgIpc) is 2.19. The molecule has 1 aliphatic heterocycles. The van der Waals surface area contributed by atoms with Gasteiger partial charge in [-0.2, -0.15) is 0 Å².